The van der Waals surface area contributed by atoms with Crippen LogP contribution in [0.2, 0.25) is 5.02 Å². The molecule has 0 aliphatic heterocycles. The smallest absolute Gasteiger partial charge is 0.288 e. The highest BCUT2D eigenvalue weighted by Gasteiger charge is 2.15. The molecule has 35 heavy (non-hydrogen) atoms. The maximum absolute atomic E-state index is 13.2. The molecule has 2 aromatic carbocycles. The molecule has 0 bridgehead atoms. The molecular weight excluding hydrogens is 479 g/mol. The van der Waals surface area contributed by atoms with Crippen LogP contribution in [0.25, 0.3) is 11.3 Å². The Morgan fingerprint density at radius 1 is 1.09 bits per heavy atom. The van der Waals surface area contributed by atoms with Gasteiger partial charge in [0.1, 0.15) is 22.4 Å². The SMILES string of the molecule is CN(C)c1nc(N/N=C/c2ccc(-c3ccc(Cl)c([N+](=O)[O-])c3)o2)nc(Nc2ccc(F)cc2)n1. The van der Waals surface area contributed by atoms with Crippen LogP contribution >= 0.6 is 11.6 Å². The van der Waals surface area contributed by atoms with Gasteiger partial charge in [-0.3, -0.25) is 10.1 Å². The number of halogens is 2. The lowest BCUT2D eigenvalue weighted by atomic mass is 10.1. The molecule has 0 aliphatic carbocycles. The first-order valence-corrected chi connectivity index (χ1v) is 10.5. The van der Waals surface area contributed by atoms with Gasteiger partial charge in [-0.05, 0) is 48.5 Å². The molecule has 2 aromatic heterocycles. The van der Waals surface area contributed by atoms with Crippen molar-refractivity contribution < 1.29 is 13.7 Å². The number of aromatic nitrogens is 3. The van der Waals surface area contributed by atoms with Gasteiger partial charge in [-0.25, -0.2) is 9.82 Å². The van der Waals surface area contributed by atoms with Crippen LogP contribution in [0.1, 0.15) is 5.76 Å². The third-order valence-corrected chi connectivity index (χ3v) is 4.85. The Morgan fingerprint density at radius 3 is 2.54 bits per heavy atom. The number of hydrogen-bond donors (Lipinski definition) is 2. The van der Waals surface area contributed by atoms with Crippen LogP contribution < -0.4 is 15.6 Å². The number of anilines is 4. The highest BCUT2D eigenvalue weighted by molar-refractivity contribution is 6.32. The monoisotopic (exact) mass is 496 g/mol. The fourth-order valence-corrected chi connectivity index (χ4v) is 3.06. The Hall–Kier alpha value is -4.58. The van der Waals surface area contributed by atoms with E-state index in [9.17, 15) is 14.5 Å². The number of nitrogens with one attached hydrogen (secondary N) is 2. The van der Waals surface area contributed by atoms with E-state index in [1.165, 1.54) is 30.5 Å². The van der Waals surface area contributed by atoms with Crippen molar-refractivity contribution >= 4 is 47.0 Å². The average Bonchev–Trinajstić information content (AvgIpc) is 3.29. The van der Waals surface area contributed by atoms with E-state index in [4.69, 9.17) is 16.0 Å². The molecule has 0 saturated heterocycles. The minimum absolute atomic E-state index is 0.0408. The second-order valence-electron chi connectivity index (χ2n) is 7.30. The first-order chi connectivity index (χ1) is 16.8. The fourth-order valence-electron chi connectivity index (χ4n) is 2.87. The lowest BCUT2D eigenvalue weighted by molar-refractivity contribution is -0.384. The lowest BCUT2D eigenvalue weighted by Crippen LogP contribution is -2.15. The van der Waals surface area contributed by atoms with Crippen molar-refractivity contribution in [2.24, 2.45) is 5.10 Å². The normalized spacial score (nSPS) is 11.0. The Morgan fingerprint density at radius 2 is 1.83 bits per heavy atom. The quantitative estimate of drug-likeness (QED) is 0.194. The van der Waals surface area contributed by atoms with Gasteiger partial charge in [0.25, 0.3) is 5.69 Å². The van der Waals surface area contributed by atoms with Crippen LogP contribution in [0.5, 0.6) is 0 Å². The minimum atomic E-state index is -0.559. The fraction of sp³-hybridized carbons (Fsp3) is 0.0909. The summed E-state index contributed by atoms with van der Waals surface area (Å²) in [5.74, 6) is 1.20. The molecular formula is C22H18ClFN8O3. The van der Waals surface area contributed by atoms with E-state index in [-0.39, 0.29) is 28.4 Å². The van der Waals surface area contributed by atoms with E-state index in [2.05, 4.69) is 30.8 Å². The summed E-state index contributed by atoms with van der Waals surface area (Å²) < 4.78 is 18.9. The topological polar surface area (TPSA) is 135 Å². The highest BCUT2D eigenvalue weighted by atomic mass is 35.5. The van der Waals surface area contributed by atoms with Crippen molar-refractivity contribution in [1.82, 2.24) is 15.0 Å². The van der Waals surface area contributed by atoms with E-state index < -0.39 is 4.92 Å². The van der Waals surface area contributed by atoms with Crippen LogP contribution in [0.4, 0.5) is 33.6 Å². The molecule has 2 N–H and O–H groups in total. The zero-order valence-electron chi connectivity index (χ0n) is 18.4. The molecule has 0 aliphatic rings. The van der Waals surface area contributed by atoms with Gasteiger partial charge in [0.15, 0.2) is 0 Å². The van der Waals surface area contributed by atoms with Crippen molar-refractivity contribution in [2.75, 3.05) is 29.7 Å². The van der Waals surface area contributed by atoms with Crippen molar-refractivity contribution in [3.8, 4) is 11.3 Å². The van der Waals surface area contributed by atoms with E-state index >= 15 is 0 Å². The van der Waals surface area contributed by atoms with Gasteiger partial charge in [0, 0.05) is 31.4 Å². The van der Waals surface area contributed by atoms with E-state index in [1.54, 1.807) is 49.3 Å². The number of benzene rings is 2. The predicted molar refractivity (Wildman–Crippen MR) is 131 cm³/mol. The molecule has 0 radical (unpaired) electrons. The number of rotatable bonds is 8. The summed E-state index contributed by atoms with van der Waals surface area (Å²) in [6, 6.07) is 13.5. The Kier molecular flexibility index (Phi) is 6.83. The molecule has 13 heteroatoms. The van der Waals surface area contributed by atoms with Crippen molar-refractivity contribution in [1.29, 1.82) is 0 Å². The predicted octanol–water partition coefficient (Wildman–Crippen LogP) is 5.09. The third-order valence-electron chi connectivity index (χ3n) is 4.53. The Bertz CT molecular complexity index is 1390. The Balaban J connectivity index is 1.50. The zero-order valence-corrected chi connectivity index (χ0v) is 19.2. The summed E-state index contributed by atoms with van der Waals surface area (Å²) in [6.07, 6.45) is 1.40. The molecule has 0 spiro atoms. The van der Waals surface area contributed by atoms with Crippen molar-refractivity contribution in [3.05, 3.63) is 81.3 Å². The molecule has 2 heterocycles. The molecule has 0 unspecified atom stereocenters. The zero-order chi connectivity index (χ0) is 24.9. The van der Waals surface area contributed by atoms with Gasteiger partial charge in [-0.2, -0.15) is 20.1 Å². The molecule has 0 atom stereocenters. The summed E-state index contributed by atoms with van der Waals surface area (Å²) in [4.78, 5) is 25.1. The molecule has 0 amide bonds. The highest BCUT2D eigenvalue weighted by Crippen LogP contribution is 2.31. The van der Waals surface area contributed by atoms with Gasteiger partial charge >= 0.3 is 0 Å². The largest absolute Gasteiger partial charge is 0.455 e. The van der Waals surface area contributed by atoms with E-state index in [0.29, 0.717) is 28.7 Å². The summed E-state index contributed by atoms with van der Waals surface area (Å²) in [6.45, 7) is 0. The van der Waals surface area contributed by atoms with Crippen LogP contribution in [0, 0.1) is 15.9 Å². The standard InChI is InChI=1S/C22H18ClFN8O3/c1-31(2)22-28-20(26-15-6-4-14(24)5-7-15)27-21(29-22)30-25-12-16-8-10-19(35-16)13-3-9-17(23)18(11-13)32(33)34/h3-12H,1-2H3,(H2,26,27,28,29,30)/b25-12+. The first-order valence-electron chi connectivity index (χ1n) is 10.1. The summed E-state index contributed by atoms with van der Waals surface area (Å²) in [7, 11) is 3.55. The summed E-state index contributed by atoms with van der Waals surface area (Å²) in [5.41, 5.74) is 3.60. The molecule has 11 nitrogen and oxygen atoms in total. The van der Waals surface area contributed by atoms with Crippen LogP contribution in [-0.4, -0.2) is 40.2 Å². The lowest BCUT2D eigenvalue weighted by Gasteiger charge is -2.13. The molecule has 4 aromatic rings. The Labute approximate surface area is 203 Å². The number of nitro benzene ring substituents is 1. The summed E-state index contributed by atoms with van der Waals surface area (Å²) in [5, 5.41) is 18.2. The van der Waals surface area contributed by atoms with Crippen molar-refractivity contribution in [3.63, 3.8) is 0 Å². The van der Waals surface area contributed by atoms with Crippen LogP contribution in [-0.2, 0) is 0 Å². The van der Waals surface area contributed by atoms with Crippen LogP contribution in [0.3, 0.4) is 0 Å². The maximum Gasteiger partial charge on any atom is 0.288 e. The molecule has 0 saturated carbocycles. The average molecular weight is 497 g/mol. The summed E-state index contributed by atoms with van der Waals surface area (Å²) >= 11 is 5.86. The van der Waals surface area contributed by atoms with Crippen molar-refractivity contribution in [2.45, 2.75) is 0 Å². The van der Waals surface area contributed by atoms with Gasteiger partial charge in [0.05, 0.1) is 11.1 Å². The minimum Gasteiger partial charge on any atom is -0.455 e. The number of nitro groups is 1. The number of hydrazone groups is 1. The third kappa shape index (κ3) is 5.86. The van der Waals surface area contributed by atoms with Gasteiger partial charge in [-0.15, -0.1) is 0 Å². The van der Waals surface area contributed by atoms with Gasteiger partial charge in [0.2, 0.25) is 17.8 Å². The van der Waals surface area contributed by atoms with Crippen LogP contribution in [0.15, 0.2) is 64.1 Å². The second-order valence-corrected chi connectivity index (χ2v) is 7.71. The maximum atomic E-state index is 13.2. The molecule has 178 valence electrons. The number of furan rings is 1. The van der Waals surface area contributed by atoms with E-state index in [0.717, 1.165) is 0 Å². The second kappa shape index (κ2) is 10.1. The van der Waals surface area contributed by atoms with Gasteiger partial charge in [-0.1, -0.05) is 11.6 Å². The molecule has 4 rings (SSSR count). The molecule has 0 fully saturated rings. The number of hydrogen-bond acceptors (Lipinski definition) is 10. The van der Waals surface area contributed by atoms with Gasteiger partial charge < -0.3 is 14.6 Å². The first kappa shape index (κ1) is 23.6. The van der Waals surface area contributed by atoms with E-state index in [1.807, 2.05) is 0 Å². The number of nitrogens with zero attached hydrogens (tertiary/aromatic N) is 6.